The van der Waals surface area contributed by atoms with E-state index in [9.17, 15) is 9.59 Å². The minimum Gasteiger partial charge on any atom is -0.422 e. The van der Waals surface area contributed by atoms with Gasteiger partial charge in [0.15, 0.2) is 0 Å². The molecule has 122 valence electrons. The summed E-state index contributed by atoms with van der Waals surface area (Å²) < 4.78 is 7.25. The highest BCUT2D eigenvalue weighted by Gasteiger charge is 2.27. The van der Waals surface area contributed by atoms with Crippen molar-refractivity contribution < 1.29 is 9.21 Å². The van der Waals surface area contributed by atoms with Crippen LogP contribution in [0.1, 0.15) is 34.9 Å². The molecule has 6 nitrogen and oxygen atoms in total. The lowest BCUT2D eigenvalue weighted by molar-refractivity contribution is 0.0948. The minimum atomic E-state index is -0.618. The Bertz CT molecular complexity index is 953. The summed E-state index contributed by atoms with van der Waals surface area (Å²) in [5, 5.41) is 3.51. The summed E-state index contributed by atoms with van der Waals surface area (Å²) in [5.74, 6) is 1.22. The maximum atomic E-state index is 12.3. The number of aromatic nitrogens is 2. The molecular weight excluding hydrogens is 306 g/mol. The van der Waals surface area contributed by atoms with Gasteiger partial charge < -0.3 is 14.3 Å². The number of nitrogens with zero attached hydrogens (tertiary/aromatic N) is 2. The molecule has 1 saturated carbocycles. The maximum absolute atomic E-state index is 12.3. The summed E-state index contributed by atoms with van der Waals surface area (Å²) in [6.07, 6.45) is 6.07. The smallest absolute Gasteiger partial charge is 0.349 e. The first-order valence-corrected chi connectivity index (χ1v) is 8.04. The number of nitrogens with one attached hydrogen (secondary N) is 1. The van der Waals surface area contributed by atoms with Gasteiger partial charge in [-0.1, -0.05) is 18.2 Å². The Kier molecular flexibility index (Phi) is 3.65. The number of hydrogen-bond acceptors (Lipinski definition) is 4. The van der Waals surface area contributed by atoms with Crippen molar-refractivity contribution >= 4 is 16.9 Å². The van der Waals surface area contributed by atoms with E-state index in [4.69, 9.17) is 4.42 Å². The summed E-state index contributed by atoms with van der Waals surface area (Å²) >= 11 is 0. The molecule has 0 aliphatic heterocycles. The Balaban J connectivity index is 1.45. The van der Waals surface area contributed by atoms with Gasteiger partial charge in [0.1, 0.15) is 17.0 Å². The second-order valence-corrected chi connectivity index (χ2v) is 5.99. The van der Waals surface area contributed by atoms with Crippen molar-refractivity contribution in [2.24, 2.45) is 0 Å². The predicted molar refractivity (Wildman–Crippen MR) is 89.0 cm³/mol. The van der Waals surface area contributed by atoms with E-state index >= 15 is 0 Å². The van der Waals surface area contributed by atoms with Gasteiger partial charge in [0.2, 0.25) is 0 Å². The number of imidazole rings is 1. The van der Waals surface area contributed by atoms with Crippen molar-refractivity contribution in [1.29, 1.82) is 0 Å². The third-order valence-electron chi connectivity index (χ3n) is 4.21. The highest BCUT2D eigenvalue weighted by atomic mass is 16.4. The molecule has 1 N–H and O–H groups in total. The molecule has 2 heterocycles. The zero-order valence-corrected chi connectivity index (χ0v) is 13.1. The van der Waals surface area contributed by atoms with Crippen molar-refractivity contribution in [3.05, 3.63) is 64.5 Å². The molecule has 24 heavy (non-hydrogen) atoms. The molecule has 4 rings (SSSR count). The Labute approximate surface area is 138 Å². The SMILES string of the molecule is O=C(NCCn1ccnc1C1CC1)c1cc2ccccc2oc1=O. The number of benzene rings is 1. The van der Waals surface area contributed by atoms with Gasteiger partial charge >= 0.3 is 5.63 Å². The average molecular weight is 323 g/mol. The van der Waals surface area contributed by atoms with Crippen molar-refractivity contribution in [3.63, 3.8) is 0 Å². The largest absolute Gasteiger partial charge is 0.422 e. The van der Waals surface area contributed by atoms with Gasteiger partial charge in [0.05, 0.1) is 0 Å². The molecule has 6 heteroatoms. The van der Waals surface area contributed by atoms with Gasteiger partial charge in [0.25, 0.3) is 5.91 Å². The van der Waals surface area contributed by atoms with E-state index in [1.54, 1.807) is 24.4 Å². The average Bonchev–Trinajstić information content (AvgIpc) is 3.33. The monoisotopic (exact) mass is 323 g/mol. The van der Waals surface area contributed by atoms with Crippen molar-refractivity contribution in [2.75, 3.05) is 6.54 Å². The first-order valence-electron chi connectivity index (χ1n) is 8.04. The number of carbonyl (C=O) groups is 1. The topological polar surface area (TPSA) is 77.1 Å². The molecule has 1 amide bonds. The van der Waals surface area contributed by atoms with Crippen molar-refractivity contribution in [3.8, 4) is 0 Å². The fourth-order valence-corrected chi connectivity index (χ4v) is 2.82. The van der Waals surface area contributed by atoms with Crippen LogP contribution in [0.5, 0.6) is 0 Å². The predicted octanol–water partition coefficient (Wildman–Crippen LogP) is 2.30. The van der Waals surface area contributed by atoms with Gasteiger partial charge in [-0.2, -0.15) is 0 Å². The molecule has 3 aromatic rings. The second kappa shape index (κ2) is 5.96. The highest BCUT2D eigenvalue weighted by molar-refractivity contribution is 5.96. The minimum absolute atomic E-state index is 0.0294. The molecule has 0 saturated heterocycles. The summed E-state index contributed by atoms with van der Waals surface area (Å²) in [6.45, 7) is 1.07. The zero-order valence-electron chi connectivity index (χ0n) is 13.1. The van der Waals surface area contributed by atoms with E-state index in [0.717, 1.165) is 11.2 Å². The Morgan fingerprint density at radius 1 is 1.33 bits per heavy atom. The van der Waals surface area contributed by atoms with Crippen LogP contribution >= 0.6 is 0 Å². The first-order chi connectivity index (χ1) is 11.7. The van der Waals surface area contributed by atoms with Gasteiger partial charge in [0, 0.05) is 36.8 Å². The standard InChI is InChI=1S/C18H17N3O3/c22-17(14-11-13-3-1-2-4-15(13)24-18(14)23)20-8-10-21-9-7-19-16(21)12-5-6-12/h1-4,7,9,11-12H,5-6,8,10H2,(H,20,22). The molecule has 1 fully saturated rings. The van der Waals surface area contributed by atoms with Crippen LogP contribution in [-0.2, 0) is 6.54 Å². The van der Waals surface area contributed by atoms with Crippen LogP contribution < -0.4 is 10.9 Å². The zero-order chi connectivity index (χ0) is 16.5. The summed E-state index contributed by atoms with van der Waals surface area (Å²) in [7, 11) is 0. The van der Waals surface area contributed by atoms with Crippen LogP contribution in [0.15, 0.2) is 51.9 Å². The number of fused-ring (bicyclic) bond motifs is 1. The number of hydrogen-bond donors (Lipinski definition) is 1. The van der Waals surface area contributed by atoms with E-state index in [2.05, 4.69) is 14.9 Å². The van der Waals surface area contributed by atoms with Crippen molar-refractivity contribution in [1.82, 2.24) is 14.9 Å². The van der Waals surface area contributed by atoms with E-state index in [1.165, 1.54) is 12.8 Å². The molecule has 0 radical (unpaired) electrons. The third-order valence-corrected chi connectivity index (χ3v) is 4.21. The molecule has 0 unspecified atom stereocenters. The van der Waals surface area contributed by atoms with Crippen LogP contribution in [0.2, 0.25) is 0 Å². The molecule has 1 aliphatic rings. The van der Waals surface area contributed by atoms with Gasteiger partial charge in [-0.25, -0.2) is 9.78 Å². The number of para-hydroxylation sites is 1. The van der Waals surface area contributed by atoms with Gasteiger partial charge in [-0.05, 0) is 25.0 Å². The van der Waals surface area contributed by atoms with Crippen LogP contribution in [0, 0.1) is 0 Å². The molecule has 0 atom stereocenters. The van der Waals surface area contributed by atoms with Crippen LogP contribution in [0.4, 0.5) is 0 Å². The molecule has 0 spiro atoms. The molecular formula is C18H17N3O3. The molecule has 1 aromatic carbocycles. The van der Waals surface area contributed by atoms with Gasteiger partial charge in [-0.15, -0.1) is 0 Å². The van der Waals surface area contributed by atoms with Crippen molar-refractivity contribution in [2.45, 2.75) is 25.3 Å². The lowest BCUT2D eigenvalue weighted by Gasteiger charge is -2.08. The van der Waals surface area contributed by atoms with E-state index in [0.29, 0.717) is 24.6 Å². The summed E-state index contributed by atoms with van der Waals surface area (Å²) in [6, 6.07) is 8.71. The third kappa shape index (κ3) is 2.82. The lowest BCUT2D eigenvalue weighted by atomic mass is 10.2. The molecule has 1 aliphatic carbocycles. The van der Waals surface area contributed by atoms with E-state index in [1.807, 2.05) is 18.3 Å². The Morgan fingerprint density at radius 2 is 2.17 bits per heavy atom. The molecule has 0 bridgehead atoms. The van der Waals surface area contributed by atoms with E-state index in [-0.39, 0.29) is 5.56 Å². The second-order valence-electron chi connectivity index (χ2n) is 5.99. The first kappa shape index (κ1) is 14.7. The normalized spacial score (nSPS) is 14.0. The number of rotatable bonds is 5. The highest BCUT2D eigenvalue weighted by Crippen LogP contribution is 2.38. The van der Waals surface area contributed by atoms with E-state index < -0.39 is 11.5 Å². The summed E-state index contributed by atoms with van der Waals surface area (Å²) in [4.78, 5) is 28.6. The fraction of sp³-hybridized carbons (Fsp3) is 0.278. The fourth-order valence-electron chi connectivity index (χ4n) is 2.82. The van der Waals surface area contributed by atoms with Crippen LogP contribution in [-0.4, -0.2) is 22.0 Å². The number of amides is 1. The van der Waals surface area contributed by atoms with Crippen LogP contribution in [0.3, 0.4) is 0 Å². The lowest BCUT2D eigenvalue weighted by Crippen LogP contribution is -2.31. The maximum Gasteiger partial charge on any atom is 0.349 e. The quantitative estimate of drug-likeness (QED) is 0.731. The Morgan fingerprint density at radius 3 is 3.00 bits per heavy atom. The van der Waals surface area contributed by atoms with Gasteiger partial charge in [-0.3, -0.25) is 4.79 Å². The summed E-state index contributed by atoms with van der Waals surface area (Å²) in [5.41, 5.74) is -0.110. The van der Waals surface area contributed by atoms with Crippen LogP contribution in [0.25, 0.3) is 11.0 Å². The molecule has 2 aromatic heterocycles. The number of carbonyl (C=O) groups excluding carboxylic acids is 1. The Hall–Kier alpha value is -2.89.